The van der Waals surface area contributed by atoms with Crippen LogP contribution in [0.1, 0.15) is 94.9 Å². The summed E-state index contributed by atoms with van der Waals surface area (Å²) in [6, 6.07) is 0. The van der Waals surface area contributed by atoms with Gasteiger partial charge in [-0.2, -0.15) is 0 Å². The average molecular weight is 366 g/mol. The van der Waals surface area contributed by atoms with Crippen LogP contribution < -0.4 is 0 Å². The van der Waals surface area contributed by atoms with Gasteiger partial charge < -0.3 is 0 Å². The van der Waals surface area contributed by atoms with Gasteiger partial charge in [-0.1, -0.05) is 99.0 Å². The van der Waals surface area contributed by atoms with Crippen molar-refractivity contribution in [1.82, 2.24) is 4.90 Å². The molecule has 0 aromatic carbocycles. The van der Waals surface area contributed by atoms with Gasteiger partial charge >= 0.3 is 0 Å². The molecule has 0 bridgehead atoms. The second-order valence-corrected chi connectivity index (χ2v) is 8.04. The van der Waals surface area contributed by atoms with E-state index in [2.05, 4.69) is 66.5 Å². The minimum atomic E-state index is 0. The van der Waals surface area contributed by atoms with E-state index in [0.717, 1.165) is 19.0 Å². The van der Waals surface area contributed by atoms with Gasteiger partial charge in [-0.15, -0.1) is 6.58 Å². The predicted octanol–water partition coefficient (Wildman–Crippen LogP) is 8.29. The summed E-state index contributed by atoms with van der Waals surface area (Å²) in [6.07, 6.45) is 10.5. The Kier molecular flexibility index (Phi) is 20.2. The van der Waals surface area contributed by atoms with E-state index in [-0.39, 0.29) is 7.43 Å². The van der Waals surface area contributed by atoms with E-state index in [1.54, 1.807) is 6.08 Å². The van der Waals surface area contributed by atoms with Crippen LogP contribution >= 0.6 is 0 Å². The van der Waals surface area contributed by atoms with Crippen LogP contribution in [-0.4, -0.2) is 24.5 Å². The largest absolute Gasteiger partial charge is 0.295 e. The first-order valence-corrected chi connectivity index (χ1v) is 10.4. The molecule has 26 heavy (non-hydrogen) atoms. The normalized spacial score (nSPS) is 15.9. The molecule has 0 N–H and O–H groups in total. The monoisotopic (exact) mass is 365 g/mol. The van der Waals surface area contributed by atoms with Crippen molar-refractivity contribution in [3.05, 3.63) is 36.5 Å². The van der Waals surface area contributed by atoms with Crippen molar-refractivity contribution < 1.29 is 0 Å². The van der Waals surface area contributed by atoms with Gasteiger partial charge in [0.2, 0.25) is 0 Å². The van der Waals surface area contributed by atoms with Gasteiger partial charge in [-0.25, -0.2) is 0 Å². The highest BCUT2D eigenvalue weighted by Gasteiger charge is 2.31. The average Bonchev–Trinajstić information content (AvgIpc) is 2.88. The number of hydrogen-bond acceptors (Lipinski definition) is 1. The summed E-state index contributed by atoms with van der Waals surface area (Å²) < 4.78 is 0. The molecule has 1 nitrogen and oxygen atoms in total. The third-order valence-corrected chi connectivity index (χ3v) is 4.98. The molecule has 156 valence electrons. The molecular weight excluding hydrogens is 314 g/mol. The number of unbranched alkanes of at least 4 members (excludes halogenated alkanes) is 2. The number of rotatable bonds is 8. The highest BCUT2D eigenvalue weighted by atomic mass is 15.1. The second kappa shape index (κ2) is 17.6. The minimum absolute atomic E-state index is 0. The Bertz CT molecular complexity index is 378. The number of allylic oxidation sites excluding steroid dienone is 1. The van der Waals surface area contributed by atoms with Gasteiger partial charge in [-0.3, -0.25) is 4.90 Å². The summed E-state index contributed by atoms with van der Waals surface area (Å²) in [5.41, 5.74) is 3.40. The van der Waals surface area contributed by atoms with E-state index in [1.807, 2.05) is 13.0 Å². The Morgan fingerprint density at radius 2 is 1.62 bits per heavy atom. The van der Waals surface area contributed by atoms with Crippen molar-refractivity contribution in [2.75, 3.05) is 19.6 Å². The molecular formula is C25H51N. The fourth-order valence-electron chi connectivity index (χ4n) is 3.06. The Morgan fingerprint density at radius 3 is 1.96 bits per heavy atom. The Hall–Kier alpha value is -0.820. The lowest BCUT2D eigenvalue weighted by atomic mass is 9.74. The minimum Gasteiger partial charge on any atom is -0.295 e. The highest BCUT2D eigenvalue weighted by Crippen LogP contribution is 2.35. The lowest BCUT2D eigenvalue weighted by Gasteiger charge is -2.38. The van der Waals surface area contributed by atoms with E-state index >= 15 is 0 Å². The molecule has 1 heteroatoms. The van der Waals surface area contributed by atoms with Gasteiger partial charge in [-0.05, 0) is 37.2 Å². The summed E-state index contributed by atoms with van der Waals surface area (Å²) in [7, 11) is 0. The molecule has 0 spiro atoms. The zero-order valence-corrected chi connectivity index (χ0v) is 18.8. The van der Waals surface area contributed by atoms with Crippen LogP contribution in [0.3, 0.4) is 0 Å². The second-order valence-electron chi connectivity index (χ2n) is 8.04. The Morgan fingerprint density at radius 1 is 1.12 bits per heavy atom. The lowest BCUT2D eigenvalue weighted by Crippen LogP contribution is -2.38. The number of hydrogen-bond donors (Lipinski definition) is 0. The van der Waals surface area contributed by atoms with Crippen molar-refractivity contribution in [3.63, 3.8) is 0 Å². The third-order valence-electron chi connectivity index (χ3n) is 4.98. The fraction of sp³-hybridized carbons (Fsp3) is 0.760. The van der Waals surface area contributed by atoms with Crippen LogP contribution in [0.25, 0.3) is 0 Å². The maximum absolute atomic E-state index is 3.94. The maximum Gasteiger partial charge on any atom is 0.0237 e. The molecule has 0 aromatic rings. The smallest absolute Gasteiger partial charge is 0.0237 e. The van der Waals surface area contributed by atoms with Crippen LogP contribution in [0.15, 0.2) is 36.5 Å². The molecule has 0 fully saturated rings. The standard InChI is InChI=1S/C18H33N.C3H8.C3H6.CH4/c1-7-9-10-11-18(6,15(3)4)14-19-12-16(5)17(8-2)13-19;2*1-3-2;/h8,15H,2,7,9-14H2,1,3-6H3;3H2,1-2H3;3H,1H2,2H3;1H4. The molecule has 1 aliphatic heterocycles. The molecule has 0 saturated carbocycles. The van der Waals surface area contributed by atoms with Crippen molar-refractivity contribution in [1.29, 1.82) is 0 Å². The first-order chi connectivity index (χ1) is 11.8. The van der Waals surface area contributed by atoms with Gasteiger partial charge in [0.05, 0.1) is 0 Å². The summed E-state index contributed by atoms with van der Waals surface area (Å²) in [6.45, 7) is 28.7. The summed E-state index contributed by atoms with van der Waals surface area (Å²) in [5.74, 6) is 0.748. The van der Waals surface area contributed by atoms with E-state index in [9.17, 15) is 0 Å². The molecule has 1 unspecified atom stereocenters. The van der Waals surface area contributed by atoms with Crippen molar-refractivity contribution >= 4 is 0 Å². The topological polar surface area (TPSA) is 3.24 Å². The van der Waals surface area contributed by atoms with Gasteiger partial charge in [0, 0.05) is 19.6 Å². The van der Waals surface area contributed by atoms with Gasteiger partial charge in [0.1, 0.15) is 0 Å². The molecule has 0 aliphatic carbocycles. The van der Waals surface area contributed by atoms with Crippen LogP contribution in [-0.2, 0) is 0 Å². The van der Waals surface area contributed by atoms with Gasteiger partial charge in [0.25, 0.3) is 0 Å². The zero-order valence-electron chi connectivity index (χ0n) is 18.8. The molecule has 0 saturated heterocycles. The van der Waals surface area contributed by atoms with Crippen LogP contribution in [0.4, 0.5) is 0 Å². The van der Waals surface area contributed by atoms with E-state index < -0.39 is 0 Å². The summed E-state index contributed by atoms with van der Waals surface area (Å²) in [4.78, 5) is 2.61. The van der Waals surface area contributed by atoms with Crippen molar-refractivity contribution in [2.24, 2.45) is 11.3 Å². The van der Waals surface area contributed by atoms with Crippen LogP contribution in [0, 0.1) is 11.3 Å². The van der Waals surface area contributed by atoms with Crippen molar-refractivity contribution in [3.8, 4) is 0 Å². The molecule has 1 aliphatic rings. The molecule has 0 radical (unpaired) electrons. The van der Waals surface area contributed by atoms with Gasteiger partial charge in [0.15, 0.2) is 0 Å². The molecule has 0 amide bonds. The maximum atomic E-state index is 3.94. The van der Waals surface area contributed by atoms with E-state index in [4.69, 9.17) is 0 Å². The van der Waals surface area contributed by atoms with E-state index in [0.29, 0.717) is 5.41 Å². The first kappa shape index (κ1) is 29.9. The first-order valence-electron chi connectivity index (χ1n) is 10.4. The molecule has 1 rings (SSSR count). The fourth-order valence-corrected chi connectivity index (χ4v) is 3.06. The predicted molar refractivity (Wildman–Crippen MR) is 125 cm³/mol. The molecule has 0 aromatic heterocycles. The van der Waals surface area contributed by atoms with Crippen molar-refractivity contribution in [2.45, 2.75) is 94.9 Å². The van der Waals surface area contributed by atoms with E-state index in [1.165, 1.54) is 49.8 Å². The third kappa shape index (κ3) is 12.5. The SMILES string of the molecule is C.C=CC.C=CC1=C(C)CN(CC(C)(CCCCC)C(C)C)C1.CCC. The van der Waals surface area contributed by atoms with Crippen LogP contribution in [0.5, 0.6) is 0 Å². The van der Waals surface area contributed by atoms with Crippen LogP contribution in [0.2, 0.25) is 0 Å². The zero-order chi connectivity index (χ0) is 19.9. The lowest BCUT2D eigenvalue weighted by molar-refractivity contribution is 0.121. The summed E-state index contributed by atoms with van der Waals surface area (Å²) in [5, 5.41) is 0. The summed E-state index contributed by atoms with van der Waals surface area (Å²) >= 11 is 0. The Balaban J connectivity index is -0.000000664. The molecule has 1 atom stereocenters. The quantitative estimate of drug-likeness (QED) is 0.309. The molecule has 1 heterocycles. The Labute approximate surface area is 167 Å². The highest BCUT2D eigenvalue weighted by molar-refractivity contribution is 5.29. The number of nitrogens with zero attached hydrogens (tertiary/aromatic N) is 1.